The third-order valence-corrected chi connectivity index (χ3v) is 5.21. The van der Waals surface area contributed by atoms with E-state index in [-0.39, 0.29) is 0 Å². The largest absolute Gasteiger partial charge is 0.497 e. The Balaban J connectivity index is 1.60. The number of benzene rings is 1. The molecule has 5 rings (SSSR count). The molecular formula is C20H20N2O3. The number of ether oxygens (including phenoxy) is 3. The molecule has 1 N–H and O–H groups in total. The summed E-state index contributed by atoms with van der Waals surface area (Å²) in [6, 6.07) is 12.2. The van der Waals surface area contributed by atoms with E-state index in [1.54, 1.807) is 7.11 Å². The summed E-state index contributed by atoms with van der Waals surface area (Å²) in [5.41, 5.74) is 6.58. The van der Waals surface area contributed by atoms with Crippen molar-refractivity contribution < 1.29 is 14.2 Å². The van der Waals surface area contributed by atoms with E-state index in [1.807, 2.05) is 18.2 Å². The zero-order valence-electron chi connectivity index (χ0n) is 14.2. The fraction of sp³-hybridized carbons (Fsp3) is 0.350. The van der Waals surface area contributed by atoms with Crippen LogP contribution < -0.4 is 4.74 Å². The molecule has 2 aromatic heterocycles. The normalized spacial score (nSPS) is 18.6. The predicted molar refractivity (Wildman–Crippen MR) is 94.7 cm³/mol. The second-order valence-electron chi connectivity index (χ2n) is 6.69. The fourth-order valence-electron chi connectivity index (χ4n) is 3.93. The molecule has 3 aromatic rings. The van der Waals surface area contributed by atoms with Crippen LogP contribution in [0.5, 0.6) is 5.75 Å². The van der Waals surface area contributed by atoms with Gasteiger partial charge in [0.2, 0.25) is 0 Å². The monoisotopic (exact) mass is 336 g/mol. The molecule has 0 unspecified atom stereocenters. The van der Waals surface area contributed by atoms with Crippen molar-refractivity contribution in [3.05, 3.63) is 47.7 Å². The van der Waals surface area contributed by atoms with E-state index in [0.717, 1.165) is 47.3 Å². The summed E-state index contributed by atoms with van der Waals surface area (Å²) in [6.45, 7) is 1.36. The maximum absolute atomic E-state index is 5.92. The first kappa shape index (κ1) is 14.9. The van der Waals surface area contributed by atoms with Gasteiger partial charge in [0.1, 0.15) is 5.75 Å². The molecule has 5 heteroatoms. The number of H-pyrrole nitrogens is 1. The molecule has 0 radical (unpaired) electrons. The summed E-state index contributed by atoms with van der Waals surface area (Å²) in [7, 11) is 1.68. The lowest BCUT2D eigenvalue weighted by atomic mass is 9.91. The molecule has 0 amide bonds. The zero-order valence-corrected chi connectivity index (χ0v) is 14.2. The number of fused-ring (bicyclic) bond motifs is 3. The van der Waals surface area contributed by atoms with Crippen LogP contribution in [-0.2, 0) is 22.3 Å². The quantitative estimate of drug-likeness (QED) is 0.778. The molecule has 3 heterocycles. The number of aromatic nitrogens is 2. The van der Waals surface area contributed by atoms with Gasteiger partial charge >= 0.3 is 0 Å². The number of rotatable bonds is 2. The van der Waals surface area contributed by atoms with Gasteiger partial charge in [0.25, 0.3) is 0 Å². The Morgan fingerprint density at radius 3 is 2.88 bits per heavy atom. The lowest BCUT2D eigenvalue weighted by molar-refractivity contribution is -0.163. The summed E-state index contributed by atoms with van der Waals surface area (Å²) in [6.07, 6.45) is 2.59. The van der Waals surface area contributed by atoms with Crippen LogP contribution in [0.1, 0.15) is 17.7 Å². The highest BCUT2D eigenvalue weighted by molar-refractivity contribution is 5.84. The highest BCUT2D eigenvalue weighted by atomic mass is 16.7. The van der Waals surface area contributed by atoms with Crippen molar-refractivity contribution in [2.24, 2.45) is 0 Å². The number of nitrogens with zero attached hydrogens (tertiary/aromatic N) is 1. The van der Waals surface area contributed by atoms with Crippen LogP contribution >= 0.6 is 0 Å². The number of methoxy groups -OCH3 is 1. The van der Waals surface area contributed by atoms with Crippen molar-refractivity contribution >= 4 is 11.0 Å². The number of hydrogen-bond donors (Lipinski definition) is 1. The van der Waals surface area contributed by atoms with Gasteiger partial charge in [-0.15, -0.1) is 0 Å². The van der Waals surface area contributed by atoms with E-state index in [0.29, 0.717) is 13.2 Å². The summed E-state index contributed by atoms with van der Waals surface area (Å²) in [5, 5.41) is 0. The zero-order chi connectivity index (χ0) is 16.9. The molecule has 1 spiro atoms. The Morgan fingerprint density at radius 2 is 2.04 bits per heavy atom. The Labute approximate surface area is 145 Å². The molecule has 0 atom stereocenters. The van der Waals surface area contributed by atoms with Crippen LogP contribution in [0.4, 0.5) is 0 Å². The van der Waals surface area contributed by atoms with Gasteiger partial charge in [-0.3, -0.25) is 0 Å². The number of aryl methyl sites for hydroxylation is 1. The van der Waals surface area contributed by atoms with Crippen molar-refractivity contribution in [1.29, 1.82) is 0 Å². The van der Waals surface area contributed by atoms with Gasteiger partial charge in [-0.05, 0) is 30.7 Å². The Bertz CT molecular complexity index is 941. The second-order valence-corrected chi connectivity index (χ2v) is 6.69. The SMILES string of the molecule is COc1cccc(-c2ccc3[nH]c4c(c3n2)CC2(CC4)OCCO2)c1. The Morgan fingerprint density at radius 1 is 1.16 bits per heavy atom. The molecule has 1 fully saturated rings. The van der Waals surface area contributed by atoms with Crippen LogP contribution in [0.15, 0.2) is 36.4 Å². The van der Waals surface area contributed by atoms with Crippen molar-refractivity contribution in [2.75, 3.05) is 20.3 Å². The maximum Gasteiger partial charge on any atom is 0.173 e. The molecule has 5 nitrogen and oxygen atoms in total. The van der Waals surface area contributed by atoms with Gasteiger partial charge in [0.15, 0.2) is 5.79 Å². The number of hydrogen-bond acceptors (Lipinski definition) is 4. The van der Waals surface area contributed by atoms with E-state index in [1.165, 1.54) is 11.3 Å². The minimum atomic E-state index is -0.449. The van der Waals surface area contributed by atoms with Gasteiger partial charge in [-0.2, -0.15) is 0 Å². The number of pyridine rings is 1. The molecule has 25 heavy (non-hydrogen) atoms. The van der Waals surface area contributed by atoms with Crippen LogP contribution in [0.2, 0.25) is 0 Å². The number of aromatic amines is 1. The van der Waals surface area contributed by atoms with Gasteiger partial charge in [0, 0.05) is 29.7 Å². The molecule has 1 aromatic carbocycles. The van der Waals surface area contributed by atoms with Crippen LogP contribution in [0.25, 0.3) is 22.3 Å². The average molecular weight is 336 g/mol. The van der Waals surface area contributed by atoms with Gasteiger partial charge in [-0.25, -0.2) is 4.98 Å². The van der Waals surface area contributed by atoms with Gasteiger partial charge in [-0.1, -0.05) is 12.1 Å². The molecule has 1 aliphatic carbocycles. The first-order valence-corrected chi connectivity index (χ1v) is 8.69. The lowest BCUT2D eigenvalue weighted by Crippen LogP contribution is -2.36. The van der Waals surface area contributed by atoms with E-state index >= 15 is 0 Å². The minimum Gasteiger partial charge on any atom is -0.497 e. The van der Waals surface area contributed by atoms with Crippen LogP contribution in [-0.4, -0.2) is 36.1 Å². The van der Waals surface area contributed by atoms with Crippen molar-refractivity contribution in [2.45, 2.75) is 25.0 Å². The second kappa shape index (κ2) is 5.58. The maximum atomic E-state index is 5.92. The molecular weight excluding hydrogens is 316 g/mol. The smallest absolute Gasteiger partial charge is 0.173 e. The van der Waals surface area contributed by atoms with E-state index < -0.39 is 5.79 Å². The highest BCUT2D eigenvalue weighted by Crippen LogP contribution is 2.38. The Hall–Kier alpha value is -2.37. The van der Waals surface area contributed by atoms with Crippen molar-refractivity contribution in [3.8, 4) is 17.0 Å². The summed E-state index contributed by atoms with van der Waals surface area (Å²) in [5.74, 6) is 0.387. The molecule has 1 aliphatic heterocycles. The third-order valence-electron chi connectivity index (χ3n) is 5.21. The molecule has 0 saturated carbocycles. The standard InChI is InChI=1S/C20H20N2O3/c1-23-14-4-2-3-13(11-14)16-5-6-18-19(22-16)15-12-20(24-9-10-25-20)8-7-17(15)21-18/h2-6,11,21H,7-10,12H2,1H3. The third kappa shape index (κ3) is 2.42. The molecule has 1 saturated heterocycles. The minimum absolute atomic E-state index is 0.449. The van der Waals surface area contributed by atoms with Crippen molar-refractivity contribution in [3.63, 3.8) is 0 Å². The van der Waals surface area contributed by atoms with Gasteiger partial charge < -0.3 is 19.2 Å². The van der Waals surface area contributed by atoms with E-state index in [2.05, 4.69) is 23.2 Å². The predicted octanol–water partition coefficient (Wildman–Crippen LogP) is 3.47. The fourth-order valence-corrected chi connectivity index (χ4v) is 3.93. The first-order valence-electron chi connectivity index (χ1n) is 8.69. The highest BCUT2D eigenvalue weighted by Gasteiger charge is 2.41. The number of nitrogens with one attached hydrogen (secondary N) is 1. The van der Waals surface area contributed by atoms with Crippen LogP contribution in [0, 0.1) is 0 Å². The van der Waals surface area contributed by atoms with Crippen molar-refractivity contribution in [1.82, 2.24) is 9.97 Å². The molecule has 128 valence electrons. The van der Waals surface area contributed by atoms with Crippen LogP contribution in [0.3, 0.4) is 0 Å². The first-order chi connectivity index (χ1) is 12.3. The Kier molecular flexibility index (Phi) is 3.33. The van der Waals surface area contributed by atoms with E-state index in [9.17, 15) is 0 Å². The summed E-state index contributed by atoms with van der Waals surface area (Å²) in [4.78, 5) is 8.48. The molecule has 2 aliphatic rings. The van der Waals surface area contributed by atoms with E-state index in [4.69, 9.17) is 19.2 Å². The average Bonchev–Trinajstić information content (AvgIpc) is 3.26. The summed E-state index contributed by atoms with van der Waals surface area (Å²) >= 11 is 0. The lowest BCUT2D eigenvalue weighted by Gasteiger charge is -2.31. The summed E-state index contributed by atoms with van der Waals surface area (Å²) < 4.78 is 17.2. The van der Waals surface area contributed by atoms with Gasteiger partial charge in [0.05, 0.1) is 37.1 Å². The topological polar surface area (TPSA) is 56.4 Å². The molecule has 0 bridgehead atoms.